The fraction of sp³-hybridized carbons (Fsp3) is 0.143. The second-order valence-electron chi connectivity index (χ2n) is 4.08. The normalized spacial score (nSPS) is 9.79. The average Bonchev–Trinajstić information content (AvgIpc) is 2.38. The van der Waals surface area contributed by atoms with Crippen LogP contribution in [0.4, 0.5) is 0 Å². The third kappa shape index (κ3) is 3.46. The van der Waals surface area contributed by atoms with Gasteiger partial charge in [0.05, 0.1) is 5.69 Å². The molecule has 0 spiro atoms. The van der Waals surface area contributed by atoms with E-state index in [-0.39, 0.29) is 12.4 Å². The highest BCUT2D eigenvalue weighted by Crippen LogP contribution is 2.21. The summed E-state index contributed by atoms with van der Waals surface area (Å²) in [4.78, 5) is 15.5. The molecular weight excluding hydrogens is 283 g/mol. The molecule has 0 fully saturated rings. The zero-order valence-corrected chi connectivity index (χ0v) is 12.0. The van der Waals surface area contributed by atoms with Crippen LogP contribution in [0.1, 0.15) is 21.5 Å². The topological polar surface area (TPSA) is 56.0 Å². The van der Waals surface area contributed by atoms with E-state index < -0.39 is 5.91 Å². The molecule has 0 aliphatic heterocycles. The van der Waals surface area contributed by atoms with Crippen molar-refractivity contribution >= 4 is 29.9 Å². The van der Waals surface area contributed by atoms with Crippen molar-refractivity contribution in [3.05, 3.63) is 53.2 Å². The number of rotatable bonds is 3. The number of benzene rings is 1. The molecule has 2 N–H and O–H groups in total. The van der Waals surface area contributed by atoms with Gasteiger partial charge < -0.3 is 5.73 Å². The van der Waals surface area contributed by atoms with Crippen molar-refractivity contribution in [3.8, 4) is 11.3 Å². The molecule has 19 heavy (non-hydrogen) atoms. The summed E-state index contributed by atoms with van der Waals surface area (Å²) < 4.78 is 0. The number of amides is 1. The number of carbonyl (C=O) groups is 1. The molecule has 0 unspecified atom stereocenters. The van der Waals surface area contributed by atoms with Crippen LogP contribution in [-0.4, -0.2) is 10.9 Å². The summed E-state index contributed by atoms with van der Waals surface area (Å²) in [5.41, 5.74) is 9.46. The number of primary amides is 1. The first-order valence-electron chi connectivity index (χ1n) is 5.53. The zero-order chi connectivity index (χ0) is 13.1. The van der Waals surface area contributed by atoms with Gasteiger partial charge >= 0.3 is 0 Å². The molecule has 0 saturated carbocycles. The Kier molecular flexibility index (Phi) is 5.33. The van der Waals surface area contributed by atoms with E-state index in [1.165, 1.54) is 0 Å². The van der Waals surface area contributed by atoms with Gasteiger partial charge in [-0.05, 0) is 42.3 Å². The number of nitrogens with two attached hydrogens (primary N) is 1. The molecule has 0 bridgehead atoms. The molecule has 1 aromatic carbocycles. The van der Waals surface area contributed by atoms with Gasteiger partial charge in [0.1, 0.15) is 0 Å². The first-order chi connectivity index (χ1) is 8.61. The Balaban J connectivity index is 0.00000180. The van der Waals surface area contributed by atoms with Crippen LogP contribution in [0.3, 0.4) is 0 Å². The summed E-state index contributed by atoms with van der Waals surface area (Å²) >= 11 is 5.80. The number of alkyl halides is 1. The van der Waals surface area contributed by atoms with Crippen LogP contribution in [0.5, 0.6) is 0 Å². The molecule has 0 atom stereocenters. The second-order valence-corrected chi connectivity index (χ2v) is 4.34. The van der Waals surface area contributed by atoms with Gasteiger partial charge in [-0.2, -0.15) is 0 Å². The summed E-state index contributed by atoms with van der Waals surface area (Å²) in [6.07, 6.45) is 1.73. The lowest BCUT2D eigenvalue weighted by Crippen LogP contribution is -2.12. The minimum Gasteiger partial charge on any atom is -0.366 e. The number of carbonyl (C=O) groups excluding carboxylic acids is 1. The van der Waals surface area contributed by atoms with Crippen molar-refractivity contribution in [1.82, 2.24) is 4.98 Å². The molecule has 0 aliphatic rings. The molecule has 0 aliphatic carbocycles. The van der Waals surface area contributed by atoms with Gasteiger partial charge in [-0.3, -0.25) is 9.78 Å². The van der Waals surface area contributed by atoms with Crippen LogP contribution in [-0.2, 0) is 5.88 Å². The number of halogens is 2. The Morgan fingerprint density at radius 1 is 1.32 bits per heavy atom. The standard InChI is InChI=1S/C14H13ClN2O.ClH/c1-9-6-11(2-3-12(9)14(16)18)13-7-10(8-15)4-5-17-13;/h2-7H,8H2,1H3,(H2,16,18);1H. The molecule has 2 aromatic rings. The fourth-order valence-electron chi connectivity index (χ4n) is 1.81. The SMILES string of the molecule is Cc1cc(-c2cc(CCl)ccn2)ccc1C(N)=O.Cl. The monoisotopic (exact) mass is 296 g/mol. The smallest absolute Gasteiger partial charge is 0.248 e. The molecule has 0 radical (unpaired) electrons. The minimum absolute atomic E-state index is 0. The first kappa shape index (κ1) is 15.5. The molecule has 2 rings (SSSR count). The van der Waals surface area contributed by atoms with E-state index in [2.05, 4.69) is 4.98 Å². The van der Waals surface area contributed by atoms with Crippen molar-refractivity contribution in [2.75, 3.05) is 0 Å². The van der Waals surface area contributed by atoms with E-state index in [0.717, 1.165) is 22.4 Å². The largest absolute Gasteiger partial charge is 0.366 e. The Hall–Kier alpha value is -1.58. The third-order valence-corrected chi connectivity index (χ3v) is 3.07. The maximum Gasteiger partial charge on any atom is 0.248 e. The molecule has 1 heterocycles. The highest BCUT2D eigenvalue weighted by molar-refractivity contribution is 6.17. The van der Waals surface area contributed by atoms with E-state index in [1.807, 2.05) is 31.2 Å². The lowest BCUT2D eigenvalue weighted by atomic mass is 10.0. The highest BCUT2D eigenvalue weighted by Gasteiger charge is 2.07. The lowest BCUT2D eigenvalue weighted by Gasteiger charge is -2.06. The number of pyridine rings is 1. The second kappa shape index (κ2) is 6.55. The fourth-order valence-corrected chi connectivity index (χ4v) is 1.98. The van der Waals surface area contributed by atoms with Crippen LogP contribution in [0.15, 0.2) is 36.5 Å². The zero-order valence-electron chi connectivity index (χ0n) is 10.4. The molecular formula is C14H14Cl2N2O. The van der Waals surface area contributed by atoms with E-state index in [1.54, 1.807) is 12.3 Å². The number of aromatic nitrogens is 1. The Labute approximate surface area is 123 Å². The predicted octanol–water partition coefficient (Wildman–Crippen LogP) is 3.32. The number of nitrogens with zero attached hydrogens (tertiary/aromatic N) is 1. The van der Waals surface area contributed by atoms with Gasteiger partial charge in [0.25, 0.3) is 0 Å². The van der Waals surface area contributed by atoms with Crippen molar-refractivity contribution in [2.45, 2.75) is 12.8 Å². The average molecular weight is 297 g/mol. The molecule has 100 valence electrons. The van der Waals surface area contributed by atoms with Crippen molar-refractivity contribution in [2.24, 2.45) is 5.73 Å². The van der Waals surface area contributed by atoms with Crippen LogP contribution in [0, 0.1) is 6.92 Å². The summed E-state index contributed by atoms with van der Waals surface area (Å²) in [5, 5.41) is 0. The number of hydrogen-bond donors (Lipinski definition) is 1. The molecule has 0 saturated heterocycles. The maximum absolute atomic E-state index is 11.2. The predicted molar refractivity (Wildman–Crippen MR) is 79.7 cm³/mol. The minimum atomic E-state index is -0.415. The molecule has 3 nitrogen and oxygen atoms in total. The van der Waals surface area contributed by atoms with Gasteiger partial charge in [-0.25, -0.2) is 0 Å². The van der Waals surface area contributed by atoms with Gasteiger partial charge in [-0.1, -0.05) is 6.07 Å². The summed E-state index contributed by atoms with van der Waals surface area (Å²) in [5.74, 6) is 0.0370. The molecule has 5 heteroatoms. The maximum atomic E-state index is 11.2. The van der Waals surface area contributed by atoms with Crippen LogP contribution in [0.25, 0.3) is 11.3 Å². The first-order valence-corrected chi connectivity index (χ1v) is 6.07. The van der Waals surface area contributed by atoms with Crippen molar-refractivity contribution in [1.29, 1.82) is 0 Å². The van der Waals surface area contributed by atoms with E-state index in [0.29, 0.717) is 11.4 Å². The molecule has 1 amide bonds. The van der Waals surface area contributed by atoms with Crippen LogP contribution >= 0.6 is 24.0 Å². The lowest BCUT2D eigenvalue weighted by molar-refractivity contribution is 0.1000. The van der Waals surface area contributed by atoms with Gasteiger partial charge in [-0.15, -0.1) is 24.0 Å². The Bertz CT molecular complexity index is 600. The van der Waals surface area contributed by atoms with Crippen LogP contribution < -0.4 is 5.73 Å². The number of hydrogen-bond acceptors (Lipinski definition) is 2. The van der Waals surface area contributed by atoms with E-state index >= 15 is 0 Å². The van der Waals surface area contributed by atoms with Gasteiger partial charge in [0, 0.05) is 23.2 Å². The van der Waals surface area contributed by atoms with Crippen molar-refractivity contribution in [3.63, 3.8) is 0 Å². The molecule has 1 aromatic heterocycles. The van der Waals surface area contributed by atoms with Gasteiger partial charge in [0.15, 0.2) is 0 Å². The summed E-state index contributed by atoms with van der Waals surface area (Å²) in [6.45, 7) is 1.86. The van der Waals surface area contributed by atoms with Crippen LogP contribution in [0.2, 0.25) is 0 Å². The van der Waals surface area contributed by atoms with Gasteiger partial charge in [0.2, 0.25) is 5.91 Å². The number of aryl methyl sites for hydroxylation is 1. The van der Waals surface area contributed by atoms with Crippen molar-refractivity contribution < 1.29 is 4.79 Å². The highest BCUT2D eigenvalue weighted by atomic mass is 35.5. The summed E-state index contributed by atoms with van der Waals surface area (Å²) in [7, 11) is 0. The third-order valence-electron chi connectivity index (χ3n) is 2.77. The van der Waals surface area contributed by atoms with E-state index in [9.17, 15) is 4.79 Å². The van der Waals surface area contributed by atoms with E-state index in [4.69, 9.17) is 17.3 Å². The summed E-state index contributed by atoms with van der Waals surface area (Å²) in [6, 6.07) is 9.28. The Morgan fingerprint density at radius 2 is 2.05 bits per heavy atom. The Morgan fingerprint density at radius 3 is 2.63 bits per heavy atom. The quantitative estimate of drug-likeness (QED) is 0.884.